The molecule has 0 atom stereocenters. The molecular formula is C13H22N2O. The second kappa shape index (κ2) is 4.58. The molecule has 16 heavy (non-hydrogen) atoms. The fourth-order valence-electron chi connectivity index (χ4n) is 2.94. The summed E-state index contributed by atoms with van der Waals surface area (Å²) in [5, 5.41) is 14.8. The smallest absolute Gasteiger partial charge is 0.106 e. The van der Waals surface area contributed by atoms with Crippen molar-refractivity contribution in [1.82, 2.24) is 9.78 Å². The molecule has 0 saturated heterocycles. The molecule has 90 valence electrons. The maximum atomic E-state index is 10.6. The van der Waals surface area contributed by atoms with Gasteiger partial charge in [-0.05, 0) is 37.7 Å². The van der Waals surface area contributed by atoms with E-state index in [-0.39, 0.29) is 0 Å². The third-order valence-corrected chi connectivity index (χ3v) is 3.93. The van der Waals surface area contributed by atoms with Crippen LogP contribution in [-0.2, 0) is 12.6 Å². The van der Waals surface area contributed by atoms with Crippen LogP contribution in [0, 0.1) is 5.92 Å². The zero-order valence-electron chi connectivity index (χ0n) is 10.3. The van der Waals surface area contributed by atoms with Gasteiger partial charge in [-0.2, -0.15) is 5.10 Å². The molecule has 0 aromatic carbocycles. The lowest BCUT2D eigenvalue weighted by molar-refractivity contribution is -0.0219. The Balaban J connectivity index is 2.04. The van der Waals surface area contributed by atoms with Gasteiger partial charge in [0, 0.05) is 13.2 Å². The molecule has 1 aliphatic carbocycles. The minimum Gasteiger partial charge on any atom is -0.384 e. The summed E-state index contributed by atoms with van der Waals surface area (Å²) in [6.07, 6.45) is 8.40. The van der Waals surface area contributed by atoms with Gasteiger partial charge in [-0.25, -0.2) is 0 Å². The van der Waals surface area contributed by atoms with Crippen molar-refractivity contribution in [3.05, 3.63) is 18.0 Å². The molecule has 0 aliphatic heterocycles. The van der Waals surface area contributed by atoms with E-state index in [2.05, 4.69) is 12.0 Å². The Labute approximate surface area is 97.5 Å². The number of aromatic nitrogens is 2. The molecule has 0 radical (unpaired) electrons. The molecule has 1 aliphatic rings. The molecule has 0 bridgehead atoms. The monoisotopic (exact) mass is 222 g/mol. The molecule has 1 fully saturated rings. The SMILES string of the molecule is CCCC1CCC(O)(c2ccnn2C)CC1. The molecule has 1 aromatic rings. The van der Waals surface area contributed by atoms with Crippen molar-refractivity contribution < 1.29 is 5.11 Å². The highest BCUT2D eigenvalue weighted by atomic mass is 16.3. The quantitative estimate of drug-likeness (QED) is 0.853. The van der Waals surface area contributed by atoms with Crippen LogP contribution in [0.1, 0.15) is 51.1 Å². The van der Waals surface area contributed by atoms with Gasteiger partial charge in [0.1, 0.15) is 5.60 Å². The van der Waals surface area contributed by atoms with Crippen molar-refractivity contribution >= 4 is 0 Å². The van der Waals surface area contributed by atoms with Crippen LogP contribution in [0.25, 0.3) is 0 Å². The van der Waals surface area contributed by atoms with Gasteiger partial charge >= 0.3 is 0 Å². The standard InChI is InChI=1S/C13H22N2O/c1-3-4-11-5-8-13(16,9-6-11)12-7-10-14-15(12)2/h7,10-11,16H,3-6,8-9H2,1-2H3. The van der Waals surface area contributed by atoms with Crippen molar-refractivity contribution in [1.29, 1.82) is 0 Å². The zero-order valence-corrected chi connectivity index (χ0v) is 10.3. The molecule has 0 amide bonds. The molecular weight excluding hydrogens is 200 g/mol. The second-order valence-corrected chi connectivity index (χ2v) is 5.10. The van der Waals surface area contributed by atoms with E-state index in [1.807, 2.05) is 13.1 Å². The van der Waals surface area contributed by atoms with Gasteiger partial charge in [0.2, 0.25) is 0 Å². The maximum Gasteiger partial charge on any atom is 0.106 e. The summed E-state index contributed by atoms with van der Waals surface area (Å²) in [6, 6.07) is 1.94. The van der Waals surface area contributed by atoms with Gasteiger partial charge < -0.3 is 5.11 Å². The first-order valence-corrected chi connectivity index (χ1v) is 6.36. The highest BCUT2D eigenvalue weighted by Gasteiger charge is 2.36. The lowest BCUT2D eigenvalue weighted by Gasteiger charge is -2.36. The summed E-state index contributed by atoms with van der Waals surface area (Å²) in [5.74, 6) is 0.818. The molecule has 3 nitrogen and oxygen atoms in total. The Morgan fingerprint density at radius 2 is 2.19 bits per heavy atom. The van der Waals surface area contributed by atoms with Crippen LogP contribution in [0.5, 0.6) is 0 Å². The lowest BCUT2D eigenvalue weighted by atomic mass is 9.76. The van der Waals surface area contributed by atoms with E-state index in [1.54, 1.807) is 10.9 Å². The maximum absolute atomic E-state index is 10.6. The molecule has 2 rings (SSSR count). The van der Waals surface area contributed by atoms with Gasteiger partial charge in [-0.15, -0.1) is 0 Å². The second-order valence-electron chi connectivity index (χ2n) is 5.10. The fourth-order valence-corrected chi connectivity index (χ4v) is 2.94. The van der Waals surface area contributed by atoms with E-state index in [4.69, 9.17) is 0 Å². The lowest BCUT2D eigenvalue weighted by Crippen LogP contribution is -2.33. The number of aryl methyl sites for hydroxylation is 1. The van der Waals surface area contributed by atoms with E-state index >= 15 is 0 Å². The van der Waals surface area contributed by atoms with E-state index in [0.29, 0.717) is 0 Å². The van der Waals surface area contributed by atoms with Crippen molar-refractivity contribution in [2.45, 2.75) is 51.0 Å². The van der Waals surface area contributed by atoms with E-state index in [0.717, 1.165) is 37.3 Å². The number of aliphatic hydroxyl groups is 1. The minimum absolute atomic E-state index is 0.629. The van der Waals surface area contributed by atoms with Gasteiger partial charge in [-0.3, -0.25) is 4.68 Å². The Hall–Kier alpha value is -0.830. The Morgan fingerprint density at radius 1 is 1.50 bits per heavy atom. The Kier molecular flexibility index (Phi) is 3.33. The molecule has 0 unspecified atom stereocenters. The van der Waals surface area contributed by atoms with E-state index in [1.165, 1.54) is 12.8 Å². The van der Waals surface area contributed by atoms with Crippen LogP contribution in [0.15, 0.2) is 12.3 Å². The van der Waals surface area contributed by atoms with Gasteiger partial charge in [0.15, 0.2) is 0 Å². The van der Waals surface area contributed by atoms with E-state index < -0.39 is 5.60 Å². The number of hydrogen-bond donors (Lipinski definition) is 1. The average molecular weight is 222 g/mol. The van der Waals surface area contributed by atoms with Crippen LogP contribution in [0.3, 0.4) is 0 Å². The molecule has 1 heterocycles. The predicted octanol–water partition coefficient (Wildman–Crippen LogP) is 2.60. The van der Waals surface area contributed by atoms with Gasteiger partial charge in [-0.1, -0.05) is 19.8 Å². The summed E-state index contributed by atoms with van der Waals surface area (Å²) in [5.41, 5.74) is 0.345. The summed E-state index contributed by atoms with van der Waals surface area (Å²) in [4.78, 5) is 0. The number of hydrogen-bond acceptors (Lipinski definition) is 2. The van der Waals surface area contributed by atoms with Crippen molar-refractivity contribution in [3.8, 4) is 0 Å². The molecule has 0 spiro atoms. The third-order valence-electron chi connectivity index (χ3n) is 3.93. The predicted molar refractivity (Wildman–Crippen MR) is 64.0 cm³/mol. The van der Waals surface area contributed by atoms with Crippen molar-refractivity contribution in [2.75, 3.05) is 0 Å². The highest BCUT2D eigenvalue weighted by molar-refractivity contribution is 5.12. The molecule has 1 saturated carbocycles. The van der Waals surface area contributed by atoms with E-state index in [9.17, 15) is 5.11 Å². The first-order chi connectivity index (χ1) is 7.65. The average Bonchev–Trinajstić information content (AvgIpc) is 2.69. The van der Waals surface area contributed by atoms with Crippen LogP contribution in [0.2, 0.25) is 0 Å². The normalized spacial score (nSPS) is 30.6. The van der Waals surface area contributed by atoms with Gasteiger partial charge in [0.05, 0.1) is 5.69 Å². The fraction of sp³-hybridized carbons (Fsp3) is 0.769. The highest BCUT2D eigenvalue weighted by Crippen LogP contribution is 2.40. The third kappa shape index (κ3) is 2.14. The van der Waals surface area contributed by atoms with Crippen LogP contribution in [-0.4, -0.2) is 14.9 Å². The zero-order chi connectivity index (χ0) is 11.6. The van der Waals surface area contributed by atoms with Gasteiger partial charge in [0.25, 0.3) is 0 Å². The van der Waals surface area contributed by atoms with Crippen molar-refractivity contribution in [3.63, 3.8) is 0 Å². The molecule has 3 heteroatoms. The molecule has 1 aromatic heterocycles. The number of rotatable bonds is 3. The first kappa shape index (κ1) is 11.6. The molecule has 1 N–H and O–H groups in total. The Bertz CT molecular complexity index is 337. The van der Waals surface area contributed by atoms with Crippen LogP contribution < -0.4 is 0 Å². The van der Waals surface area contributed by atoms with Crippen molar-refractivity contribution in [2.24, 2.45) is 13.0 Å². The summed E-state index contributed by atoms with van der Waals surface area (Å²) >= 11 is 0. The number of nitrogens with zero attached hydrogens (tertiary/aromatic N) is 2. The minimum atomic E-state index is -0.629. The van der Waals surface area contributed by atoms with Crippen LogP contribution >= 0.6 is 0 Å². The van der Waals surface area contributed by atoms with Crippen LogP contribution in [0.4, 0.5) is 0 Å². The Morgan fingerprint density at radius 3 is 2.69 bits per heavy atom. The summed E-state index contributed by atoms with van der Waals surface area (Å²) in [7, 11) is 1.91. The summed E-state index contributed by atoms with van der Waals surface area (Å²) < 4.78 is 1.81. The first-order valence-electron chi connectivity index (χ1n) is 6.36. The largest absolute Gasteiger partial charge is 0.384 e. The topological polar surface area (TPSA) is 38.1 Å². The summed E-state index contributed by atoms with van der Waals surface area (Å²) in [6.45, 7) is 2.24.